The number of aliphatic imine (C=N–C) groups is 1. The maximum Gasteiger partial charge on any atom is 0.305 e. The second-order valence-electron chi connectivity index (χ2n) is 23.0. The third kappa shape index (κ3) is 27.5. The fourth-order valence-electron chi connectivity index (χ4n) is 9.54. The molecule has 0 radical (unpaired) electrons. The number of carbonyl (C=O) groups is 15. The van der Waals surface area contributed by atoms with Crippen molar-refractivity contribution in [1.29, 1.82) is 0 Å². The number of likely N-dealkylation sites (tertiary alicyclic amines) is 1. The molecule has 37 heteroatoms. The van der Waals surface area contributed by atoms with E-state index in [4.69, 9.17) is 22.9 Å². The van der Waals surface area contributed by atoms with Crippen LogP contribution in [0, 0.1) is 5.92 Å². The Morgan fingerprint density at radius 1 is 0.542 bits per heavy atom. The molecule has 0 aliphatic carbocycles. The van der Waals surface area contributed by atoms with E-state index >= 15 is 0 Å². The summed E-state index contributed by atoms with van der Waals surface area (Å²) in [7, 11) is 0. The highest BCUT2D eigenvalue weighted by molar-refractivity contribution is 6.00. The van der Waals surface area contributed by atoms with Crippen LogP contribution in [0.1, 0.15) is 90.7 Å². The number of primary amides is 2. The van der Waals surface area contributed by atoms with Crippen molar-refractivity contribution in [2.75, 3.05) is 32.8 Å². The molecule has 0 spiro atoms. The summed E-state index contributed by atoms with van der Waals surface area (Å²) in [6.45, 7) is 4.12. The predicted octanol–water partition coefficient (Wildman–Crippen LogP) is -8.18. The molecule has 14 amide bonds. The zero-order valence-corrected chi connectivity index (χ0v) is 53.5. The number of nitrogens with one attached hydrogen (secondary N) is 11. The Balaban J connectivity index is 1.73. The number of carboxylic acid groups (broad SMARTS) is 1. The molecule has 1 fully saturated rings. The van der Waals surface area contributed by atoms with Crippen LogP contribution in [0.5, 0.6) is 11.5 Å². The number of nitrogens with zero attached hydrogens (tertiary/aromatic N) is 2. The third-order valence-electron chi connectivity index (χ3n) is 14.5. The number of phenolic OH excluding ortho intramolecular Hbond substituents is 2. The molecule has 0 aromatic heterocycles. The molecule has 0 unspecified atom stereocenters. The second kappa shape index (κ2) is 39.1. The number of hydrogen-bond donors (Lipinski definition) is 20. The molecular weight excluding hydrogens is 1270 g/mol. The van der Waals surface area contributed by atoms with E-state index in [1.54, 1.807) is 0 Å². The minimum absolute atomic E-state index is 0.0124. The molecule has 37 nitrogen and oxygen atoms in total. The summed E-state index contributed by atoms with van der Waals surface area (Å²) in [4.78, 5) is 203. The van der Waals surface area contributed by atoms with Gasteiger partial charge in [0.05, 0.1) is 32.6 Å². The maximum atomic E-state index is 14.2. The number of aliphatic hydroxyl groups is 2. The summed E-state index contributed by atoms with van der Waals surface area (Å²) >= 11 is 0. The van der Waals surface area contributed by atoms with Crippen molar-refractivity contribution in [2.24, 2.45) is 33.8 Å². The van der Waals surface area contributed by atoms with E-state index in [1.807, 2.05) is 13.8 Å². The second-order valence-corrected chi connectivity index (χ2v) is 23.0. The summed E-state index contributed by atoms with van der Waals surface area (Å²) in [6.07, 6.45) is -2.14. The van der Waals surface area contributed by atoms with Crippen molar-refractivity contribution in [3.63, 3.8) is 0 Å². The van der Waals surface area contributed by atoms with Gasteiger partial charge in [-0.05, 0) is 87.3 Å². The van der Waals surface area contributed by atoms with Crippen molar-refractivity contribution in [3.8, 4) is 11.5 Å². The topological polar surface area (TPSA) is 609 Å². The lowest BCUT2D eigenvalue weighted by Gasteiger charge is -2.29. The number of hydrogen-bond acceptors (Lipinski definition) is 20. The van der Waals surface area contributed by atoms with Gasteiger partial charge >= 0.3 is 5.97 Å². The van der Waals surface area contributed by atoms with Crippen molar-refractivity contribution in [3.05, 3.63) is 59.7 Å². The average Bonchev–Trinajstić information content (AvgIpc) is 1.60. The number of phenols is 2. The van der Waals surface area contributed by atoms with Gasteiger partial charge in [0.15, 0.2) is 5.96 Å². The molecule has 0 saturated carbocycles. The average molecular weight is 1350 g/mol. The summed E-state index contributed by atoms with van der Waals surface area (Å²) in [6, 6.07) is -6.05. The van der Waals surface area contributed by atoms with E-state index in [1.165, 1.54) is 55.5 Å². The molecular formula is C59H87N17O20. The van der Waals surface area contributed by atoms with Gasteiger partial charge in [-0.2, -0.15) is 0 Å². The Morgan fingerprint density at radius 2 is 0.979 bits per heavy atom. The fourth-order valence-corrected chi connectivity index (χ4v) is 9.54. The number of carboxylic acids is 1. The molecule has 1 saturated heterocycles. The standard InChI is InChI=1S/C59H87N17O20/c1-28(2)20-37(68-31(5)79)53(91)73-39(22-33-12-16-35(81)17-13-33)55(93)70-36(8-6-18-64-59(62)63)51(89)66-29(3)49(87)71-40(23-45(60)82)52(90)67-30(4)50(88)72-41(24-47(84)85)56(94)75-43(27-78)58(96)76-19-7-9-44(76)57(95)65-25-46(83)69-38(21-32-10-14-34(80)15-11-32)54(92)74-42(26-77)48(61)86/h10-17,28-30,36-44,77-78,80-81H,6-9,18-27H2,1-5H3,(H2,60,82)(H2,61,86)(H,65,95)(H,66,89)(H,67,90)(H,68,79)(H,69,83)(H,70,93)(H,71,87)(H,72,88)(H,73,91)(H,74,92)(H,75,94)(H,84,85)(H4,62,63,64)/t29-,30-,36-,37-,38-,39-,40-,41-,42-,43-,44-/m0/s1. The van der Waals surface area contributed by atoms with Crippen molar-refractivity contribution in [2.45, 2.75) is 159 Å². The number of nitrogens with two attached hydrogens (primary N) is 4. The van der Waals surface area contributed by atoms with Crippen molar-refractivity contribution < 1.29 is 97.5 Å². The first kappa shape index (κ1) is 79.5. The van der Waals surface area contributed by atoms with E-state index < -0.39 is 188 Å². The summed E-state index contributed by atoms with van der Waals surface area (Å²) in [5, 5.41) is 74.9. The quantitative estimate of drug-likeness (QED) is 0.0168. The van der Waals surface area contributed by atoms with Gasteiger partial charge in [0.1, 0.15) is 78.0 Å². The van der Waals surface area contributed by atoms with E-state index in [0.29, 0.717) is 11.1 Å². The van der Waals surface area contributed by atoms with Crippen molar-refractivity contribution in [1.82, 2.24) is 63.4 Å². The number of amides is 14. The molecule has 2 aromatic carbocycles. The number of guanidine groups is 1. The van der Waals surface area contributed by atoms with Crippen LogP contribution >= 0.6 is 0 Å². The Morgan fingerprint density at radius 3 is 1.45 bits per heavy atom. The Labute approximate surface area is 550 Å². The first-order valence-electron chi connectivity index (χ1n) is 30.3. The van der Waals surface area contributed by atoms with Crippen LogP contribution < -0.4 is 81.4 Å². The van der Waals surface area contributed by atoms with E-state index in [0.717, 1.165) is 18.7 Å². The summed E-state index contributed by atoms with van der Waals surface area (Å²) in [5.41, 5.74) is 22.5. The highest BCUT2D eigenvalue weighted by atomic mass is 16.4. The highest BCUT2D eigenvalue weighted by Gasteiger charge is 2.40. The zero-order valence-electron chi connectivity index (χ0n) is 53.5. The molecule has 3 rings (SSSR count). The minimum Gasteiger partial charge on any atom is -0.508 e. The van der Waals surface area contributed by atoms with Crippen LogP contribution in [0.2, 0.25) is 0 Å². The van der Waals surface area contributed by atoms with E-state index in [-0.39, 0.29) is 81.4 Å². The van der Waals surface area contributed by atoms with Crippen LogP contribution in [0.4, 0.5) is 0 Å². The molecule has 528 valence electrons. The van der Waals surface area contributed by atoms with Crippen molar-refractivity contribution >= 4 is 94.6 Å². The number of aromatic hydroxyl groups is 2. The van der Waals surface area contributed by atoms with Gasteiger partial charge in [0.25, 0.3) is 0 Å². The SMILES string of the molecule is CC(=O)N[C@@H](CC(C)C)C(=O)N[C@@H](Cc1ccc(O)cc1)C(=O)N[C@@H](CCCN=C(N)N)C(=O)N[C@@H](C)C(=O)N[C@@H](CC(N)=O)C(=O)N[C@@H](C)C(=O)N[C@@H](CC(=O)O)C(=O)N[C@@H](CO)C(=O)N1CCC[C@H]1C(=O)NCC(=O)N[C@@H](Cc1ccc(O)cc1)C(=O)N[C@@H](CO)C(N)=O. The maximum absolute atomic E-state index is 14.2. The molecule has 11 atom stereocenters. The van der Waals surface area contributed by atoms with Gasteiger partial charge in [0.2, 0.25) is 82.7 Å². The highest BCUT2D eigenvalue weighted by Crippen LogP contribution is 2.20. The van der Waals surface area contributed by atoms with Gasteiger partial charge in [-0.15, -0.1) is 0 Å². The monoisotopic (exact) mass is 1350 g/mol. The van der Waals surface area contributed by atoms with Crippen LogP contribution in [0.25, 0.3) is 0 Å². The van der Waals surface area contributed by atoms with Crippen LogP contribution in [-0.4, -0.2) is 224 Å². The van der Waals surface area contributed by atoms with E-state index in [9.17, 15) is 97.5 Å². The Kier molecular flexibility index (Phi) is 32.4. The van der Waals surface area contributed by atoms with Crippen LogP contribution in [-0.2, 0) is 84.8 Å². The number of carbonyl (C=O) groups excluding carboxylic acids is 14. The smallest absolute Gasteiger partial charge is 0.305 e. The lowest BCUT2D eigenvalue weighted by Crippen LogP contribution is -2.60. The van der Waals surface area contributed by atoms with Crippen LogP contribution in [0.15, 0.2) is 53.5 Å². The Hall–Kier alpha value is -10.7. The molecule has 1 aliphatic heterocycles. The minimum atomic E-state index is -2.02. The summed E-state index contributed by atoms with van der Waals surface area (Å²) in [5.74, 6) is -16.4. The van der Waals surface area contributed by atoms with Gasteiger partial charge in [-0.25, -0.2) is 0 Å². The summed E-state index contributed by atoms with van der Waals surface area (Å²) < 4.78 is 0. The molecule has 0 bridgehead atoms. The van der Waals surface area contributed by atoms with Gasteiger partial charge in [-0.1, -0.05) is 38.1 Å². The molecule has 96 heavy (non-hydrogen) atoms. The van der Waals surface area contributed by atoms with Gasteiger partial charge in [-0.3, -0.25) is 76.9 Å². The van der Waals surface area contributed by atoms with Crippen LogP contribution in [0.3, 0.4) is 0 Å². The Bertz CT molecular complexity index is 3150. The third-order valence-corrected chi connectivity index (χ3v) is 14.5. The molecule has 24 N–H and O–H groups in total. The first-order chi connectivity index (χ1) is 45.1. The lowest BCUT2D eigenvalue weighted by molar-refractivity contribution is -0.144. The number of aliphatic carboxylic acids is 1. The molecule has 2 aromatic rings. The predicted molar refractivity (Wildman–Crippen MR) is 336 cm³/mol. The largest absolute Gasteiger partial charge is 0.508 e. The number of rotatable bonds is 39. The number of benzene rings is 2. The normalized spacial score (nSPS) is 15.6. The van der Waals surface area contributed by atoms with E-state index in [2.05, 4.69) is 63.5 Å². The first-order valence-corrected chi connectivity index (χ1v) is 30.3. The van der Waals surface area contributed by atoms with Gasteiger partial charge < -0.3 is 112 Å². The van der Waals surface area contributed by atoms with Gasteiger partial charge in [0, 0.05) is 32.9 Å². The lowest BCUT2D eigenvalue weighted by atomic mass is 10.0. The fraction of sp³-hybridized carbons (Fsp3) is 0.525. The molecule has 1 aliphatic rings. The zero-order chi connectivity index (χ0) is 72.1. The molecule has 1 heterocycles. The number of aliphatic hydroxyl groups excluding tert-OH is 2.